The van der Waals surface area contributed by atoms with Crippen LogP contribution in [0.2, 0.25) is 0 Å². The van der Waals surface area contributed by atoms with Crippen LogP contribution in [0, 0.1) is 0 Å². The van der Waals surface area contributed by atoms with Gasteiger partial charge in [-0.05, 0) is 18.2 Å². The van der Waals surface area contributed by atoms with Crippen LogP contribution in [0.3, 0.4) is 0 Å². The molecule has 0 aliphatic carbocycles. The molecule has 1 aromatic heterocycles. The average Bonchev–Trinajstić information content (AvgIpc) is 2.53. The molecule has 6 nitrogen and oxygen atoms in total. The molecule has 2 rings (SSSR count). The molecule has 0 saturated heterocycles. The standard InChI is InChI=1S/C16H21N3O3/c1-10(2)17-9-11-7-14(18-19-16(11)20)13-6-5-12(21-3)8-15(13)22-4/h5-8,10,17H,9H2,1-4H3,(H,19,20). The molecule has 6 heteroatoms. The zero-order valence-corrected chi connectivity index (χ0v) is 13.3. The third-order valence-electron chi connectivity index (χ3n) is 3.27. The van der Waals surface area contributed by atoms with Crippen LogP contribution in [-0.4, -0.2) is 30.5 Å². The zero-order valence-electron chi connectivity index (χ0n) is 13.3. The molecule has 0 radical (unpaired) electrons. The molecular weight excluding hydrogens is 282 g/mol. The van der Waals surface area contributed by atoms with Gasteiger partial charge in [0.15, 0.2) is 0 Å². The summed E-state index contributed by atoms with van der Waals surface area (Å²) >= 11 is 0. The van der Waals surface area contributed by atoms with Gasteiger partial charge < -0.3 is 14.8 Å². The predicted octanol–water partition coefficient (Wildman–Crippen LogP) is 1.95. The molecule has 118 valence electrons. The number of nitrogens with one attached hydrogen (secondary N) is 2. The van der Waals surface area contributed by atoms with E-state index in [9.17, 15) is 4.79 Å². The Morgan fingerprint density at radius 1 is 1.23 bits per heavy atom. The number of aromatic nitrogens is 2. The number of aromatic amines is 1. The summed E-state index contributed by atoms with van der Waals surface area (Å²) in [5.41, 5.74) is 1.89. The normalized spacial score (nSPS) is 10.8. The van der Waals surface area contributed by atoms with Gasteiger partial charge in [0.25, 0.3) is 5.56 Å². The van der Waals surface area contributed by atoms with Gasteiger partial charge in [-0.2, -0.15) is 5.10 Å². The largest absolute Gasteiger partial charge is 0.497 e. The highest BCUT2D eigenvalue weighted by Crippen LogP contribution is 2.31. The first kappa shape index (κ1) is 16.0. The molecule has 0 spiro atoms. The van der Waals surface area contributed by atoms with E-state index in [2.05, 4.69) is 15.5 Å². The SMILES string of the molecule is COc1ccc(-c2cc(CNC(C)C)c(=O)[nH]n2)c(OC)c1. The first-order chi connectivity index (χ1) is 10.5. The first-order valence-corrected chi connectivity index (χ1v) is 7.09. The lowest BCUT2D eigenvalue weighted by Crippen LogP contribution is -2.26. The van der Waals surface area contributed by atoms with Gasteiger partial charge >= 0.3 is 0 Å². The van der Waals surface area contributed by atoms with E-state index in [1.165, 1.54) is 0 Å². The van der Waals surface area contributed by atoms with E-state index in [0.717, 1.165) is 5.56 Å². The smallest absolute Gasteiger partial charge is 0.268 e. The summed E-state index contributed by atoms with van der Waals surface area (Å²) in [6.45, 7) is 4.55. The van der Waals surface area contributed by atoms with Crippen molar-refractivity contribution < 1.29 is 9.47 Å². The van der Waals surface area contributed by atoms with E-state index < -0.39 is 0 Å². The Morgan fingerprint density at radius 2 is 2.00 bits per heavy atom. The van der Waals surface area contributed by atoms with Crippen molar-refractivity contribution in [3.63, 3.8) is 0 Å². The van der Waals surface area contributed by atoms with Crippen LogP contribution >= 0.6 is 0 Å². The molecule has 0 saturated carbocycles. The topological polar surface area (TPSA) is 76.2 Å². The molecule has 0 aliphatic heterocycles. The summed E-state index contributed by atoms with van der Waals surface area (Å²) in [6.07, 6.45) is 0. The van der Waals surface area contributed by atoms with E-state index in [4.69, 9.17) is 9.47 Å². The minimum Gasteiger partial charge on any atom is -0.497 e. The highest BCUT2D eigenvalue weighted by molar-refractivity contribution is 5.68. The molecule has 1 aromatic carbocycles. The van der Waals surface area contributed by atoms with E-state index in [0.29, 0.717) is 35.3 Å². The lowest BCUT2D eigenvalue weighted by Gasteiger charge is -2.11. The number of ether oxygens (including phenoxy) is 2. The van der Waals surface area contributed by atoms with Crippen molar-refractivity contribution in [1.82, 2.24) is 15.5 Å². The van der Waals surface area contributed by atoms with Gasteiger partial charge in [-0.15, -0.1) is 0 Å². The van der Waals surface area contributed by atoms with Crippen molar-refractivity contribution in [3.8, 4) is 22.8 Å². The van der Waals surface area contributed by atoms with Gasteiger partial charge in [-0.3, -0.25) is 4.79 Å². The van der Waals surface area contributed by atoms with E-state index >= 15 is 0 Å². The van der Waals surface area contributed by atoms with Crippen LogP contribution in [0.1, 0.15) is 19.4 Å². The number of hydrogen-bond donors (Lipinski definition) is 2. The fourth-order valence-electron chi connectivity index (χ4n) is 2.04. The van der Waals surface area contributed by atoms with Gasteiger partial charge in [-0.25, -0.2) is 5.10 Å². The zero-order chi connectivity index (χ0) is 16.1. The molecule has 0 atom stereocenters. The van der Waals surface area contributed by atoms with Crippen LogP contribution in [0.15, 0.2) is 29.1 Å². The maximum atomic E-state index is 11.9. The van der Waals surface area contributed by atoms with Gasteiger partial charge in [-0.1, -0.05) is 13.8 Å². The molecule has 2 N–H and O–H groups in total. The number of rotatable bonds is 6. The lowest BCUT2D eigenvalue weighted by molar-refractivity contribution is 0.395. The van der Waals surface area contributed by atoms with Crippen LogP contribution in [0.25, 0.3) is 11.3 Å². The average molecular weight is 303 g/mol. The van der Waals surface area contributed by atoms with Crippen molar-refractivity contribution in [1.29, 1.82) is 0 Å². The minimum atomic E-state index is -0.190. The predicted molar refractivity (Wildman–Crippen MR) is 85.4 cm³/mol. The maximum Gasteiger partial charge on any atom is 0.268 e. The molecule has 1 heterocycles. The van der Waals surface area contributed by atoms with Crippen LogP contribution in [-0.2, 0) is 6.54 Å². The third-order valence-corrected chi connectivity index (χ3v) is 3.27. The second-order valence-electron chi connectivity index (χ2n) is 5.21. The van der Waals surface area contributed by atoms with Crippen LogP contribution in [0.5, 0.6) is 11.5 Å². The number of hydrogen-bond acceptors (Lipinski definition) is 5. The highest BCUT2D eigenvalue weighted by atomic mass is 16.5. The summed E-state index contributed by atoms with van der Waals surface area (Å²) < 4.78 is 10.6. The Bertz CT molecular complexity index is 695. The Hall–Kier alpha value is -2.34. The number of nitrogens with zero attached hydrogens (tertiary/aromatic N) is 1. The molecular formula is C16H21N3O3. The van der Waals surface area contributed by atoms with Gasteiger partial charge in [0.1, 0.15) is 11.5 Å². The van der Waals surface area contributed by atoms with Crippen LogP contribution in [0.4, 0.5) is 0 Å². The molecule has 22 heavy (non-hydrogen) atoms. The second kappa shape index (κ2) is 7.09. The van der Waals surface area contributed by atoms with Crippen molar-refractivity contribution >= 4 is 0 Å². The summed E-state index contributed by atoms with van der Waals surface area (Å²) in [4.78, 5) is 11.9. The van der Waals surface area contributed by atoms with Crippen LogP contribution < -0.4 is 20.3 Å². The Morgan fingerprint density at radius 3 is 2.64 bits per heavy atom. The summed E-state index contributed by atoms with van der Waals surface area (Å²) in [7, 11) is 3.19. The van der Waals surface area contributed by atoms with Crippen molar-refractivity contribution in [2.24, 2.45) is 0 Å². The van der Waals surface area contributed by atoms with E-state index in [1.54, 1.807) is 26.4 Å². The molecule has 0 bridgehead atoms. The van der Waals surface area contributed by atoms with E-state index in [1.807, 2.05) is 26.0 Å². The number of methoxy groups -OCH3 is 2. The molecule has 0 aliphatic rings. The van der Waals surface area contributed by atoms with Crippen molar-refractivity contribution in [3.05, 3.63) is 40.2 Å². The Balaban J connectivity index is 2.40. The Kier molecular flexibility index (Phi) is 5.16. The fourth-order valence-corrected chi connectivity index (χ4v) is 2.04. The molecule has 0 fully saturated rings. The monoisotopic (exact) mass is 303 g/mol. The fraction of sp³-hybridized carbons (Fsp3) is 0.375. The van der Waals surface area contributed by atoms with Crippen molar-refractivity contribution in [2.75, 3.05) is 14.2 Å². The van der Waals surface area contributed by atoms with Gasteiger partial charge in [0.05, 0.1) is 19.9 Å². The second-order valence-corrected chi connectivity index (χ2v) is 5.21. The summed E-state index contributed by atoms with van der Waals surface area (Å²) in [5, 5.41) is 9.88. The lowest BCUT2D eigenvalue weighted by atomic mass is 10.1. The van der Waals surface area contributed by atoms with Gasteiger partial charge in [0.2, 0.25) is 0 Å². The first-order valence-electron chi connectivity index (χ1n) is 7.09. The molecule has 0 unspecified atom stereocenters. The quantitative estimate of drug-likeness (QED) is 0.853. The minimum absolute atomic E-state index is 0.190. The summed E-state index contributed by atoms with van der Waals surface area (Å²) in [5.74, 6) is 1.34. The molecule has 0 amide bonds. The van der Waals surface area contributed by atoms with Gasteiger partial charge in [0, 0.05) is 29.8 Å². The maximum absolute atomic E-state index is 11.9. The highest BCUT2D eigenvalue weighted by Gasteiger charge is 2.11. The van der Waals surface area contributed by atoms with Crippen molar-refractivity contribution in [2.45, 2.75) is 26.4 Å². The number of H-pyrrole nitrogens is 1. The Labute approximate surface area is 129 Å². The number of benzene rings is 1. The third kappa shape index (κ3) is 3.65. The summed E-state index contributed by atoms with van der Waals surface area (Å²) in [6, 6.07) is 7.55. The van der Waals surface area contributed by atoms with E-state index in [-0.39, 0.29) is 5.56 Å². The molecule has 2 aromatic rings.